The van der Waals surface area contributed by atoms with Crippen molar-refractivity contribution in [1.29, 1.82) is 0 Å². The molecule has 0 aliphatic carbocycles. The molecule has 1 saturated heterocycles. The van der Waals surface area contributed by atoms with Crippen molar-refractivity contribution < 1.29 is 33.3 Å². The normalized spacial score (nSPS) is 15.6. The van der Waals surface area contributed by atoms with Crippen LogP contribution in [0.1, 0.15) is 5.56 Å². The van der Waals surface area contributed by atoms with E-state index in [1.807, 2.05) is 24.3 Å². The maximum atomic E-state index is 14.0. The quantitative estimate of drug-likeness (QED) is 0.584. The van der Waals surface area contributed by atoms with E-state index in [4.69, 9.17) is 18.9 Å². The number of nitrogens with one attached hydrogen (secondary N) is 1. The van der Waals surface area contributed by atoms with Crippen molar-refractivity contribution in [2.24, 2.45) is 0 Å². The Morgan fingerprint density at radius 2 is 1.68 bits per heavy atom. The first kappa shape index (κ1) is 23.1. The summed E-state index contributed by atoms with van der Waals surface area (Å²) in [5.74, 6) is 1.48. The number of methoxy groups -OCH3 is 3. The van der Waals surface area contributed by atoms with Gasteiger partial charge in [0.25, 0.3) is 0 Å². The van der Waals surface area contributed by atoms with Gasteiger partial charge in [0, 0.05) is 0 Å². The maximum Gasteiger partial charge on any atom is 0.203 e. The fourth-order valence-electron chi connectivity index (χ4n) is 3.90. The minimum absolute atomic E-state index is 0.189. The average molecular weight is 436 g/mol. The number of aliphatic hydroxyl groups is 1. The van der Waals surface area contributed by atoms with Crippen LogP contribution in [0.25, 0.3) is 0 Å². The number of hydrogen-bond acceptors (Lipinski definition) is 6. The van der Waals surface area contributed by atoms with E-state index in [-0.39, 0.29) is 12.4 Å². The molecule has 1 aliphatic rings. The molecule has 1 fully saturated rings. The van der Waals surface area contributed by atoms with Crippen LogP contribution in [-0.4, -0.2) is 71.9 Å². The lowest BCUT2D eigenvalue weighted by Crippen LogP contribution is -3.16. The van der Waals surface area contributed by atoms with Crippen molar-refractivity contribution >= 4 is 5.69 Å². The number of anilines is 1. The van der Waals surface area contributed by atoms with Crippen LogP contribution < -0.4 is 24.0 Å². The molecule has 2 aromatic carbocycles. The Hall–Kier alpha value is -2.55. The summed E-state index contributed by atoms with van der Waals surface area (Å²) in [7, 11) is 4.70. The number of halogens is 1. The molecular weight excluding hydrogens is 403 g/mol. The summed E-state index contributed by atoms with van der Waals surface area (Å²) in [6, 6.07) is 10.5. The molecule has 1 aliphatic heterocycles. The highest BCUT2D eigenvalue weighted by Crippen LogP contribution is 2.38. The summed E-state index contributed by atoms with van der Waals surface area (Å²) in [4.78, 5) is 3.35. The molecule has 0 aromatic heterocycles. The zero-order valence-corrected chi connectivity index (χ0v) is 18.4. The number of para-hydroxylation sites is 1. The van der Waals surface area contributed by atoms with Crippen LogP contribution in [-0.2, 0) is 11.3 Å². The van der Waals surface area contributed by atoms with Crippen LogP contribution >= 0.6 is 0 Å². The molecule has 7 nitrogen and oxygen atoms in total. The molecule has 2 N–H and O–H groups in total. The van der Waals surface area contributed by atoms with Crippen molar-refractivity contribution in [3.05, 3.63) is 47.8 Å². The maximum absolute atomic E-state index is 14.0. The van der Waals surface area contributed by atoms with Crippen molar-refractivity contribution in [3.8, 4) is 17.2 Å². The van der Waals surface area contributed by atoms with Crippen molar-refractivity contribution in [3.63, 3.8) is 0 Å². The Morgan fingerprint density at radius 3 is 2.26 bits per heavy atom. The number of ether oxygens (including phenoxy) is 4. The van der Waals surface area contributed by atoms with Crippen LogP contribution in [0.5, 0.6) is 17.2 Å². The van der Waals surface area contributed by atoms with E-state index in [0.717, 1.165) is 31.7 Å². The van der Waals surface area contributed by atoms with E-state index in [1.165, 1.54) is 11.0 Å². The van der Waals surface area contributed by atoms with Gasteiger partial charge in [0.2, 0.25) is 5.75 Å². The second-order valence-corrected chi connectivity index (χ2v) is 7.60. The van der Waals surface area contributed by atoms with Crippen molar-refractivity contribution in [2.45, 2.75) is 12.7 Å². The lowest BCUT2D eigenvalue weighted by atomic mass is 10.2. The third-order valence-corrected chi connectivity index (χ3v) is 5.49. The SMILES string of the molecule is COc1cc(COC[C@H](O)C[NH+]2CCN(c3ccccc3F)CC2)cc(OC)c1OC. The Morgan fingerprint density at radius 1 is 1.03 bits per heavy atom. The van der Waals surface area contributed by atoms with E-state index < -0.39 is 6.10 Å². The van der Waals surface area contributed by atoms with Gasteiger partial charge in [-0.2, -0.15) is 0 Å². The summed E-state index contributed by atoms with van der Waals surface area (Å²) >= 11 is 0. The lowest BCUT2D eigenvalue weighted by molar-refractivity contribution is -0.903. The minimum Gasteiger partial charge on any atom is -0.493 e. The Balaban J connectivity index is 1.44. The zero-order chi connectivity index (χ0) is 22.2. The Labute approximate surface area is 182 Å². The molecule has 0 radical (unpaired) electrons. The number of piperazine rings is 1. The van der Waals surface area contributed by atoms with Gasteiger partial charge in [-0.1, -0.05) is 12.1 Å². The number of hydrogen-bond donors (Lipinski definition) is 2. The zero-order valence-electron chi connectivity index (χ0n) is 18.4. The van der Waals surface area contributed by atoms with E-state index in [1.54, 1.807) is 27.4 Å². The molecule has 1 heterocycles. The predicted octanol–water partition coefficient (Wildman–Crippen LogP) is 1.13. The van der Waals surface area contributed by atoms with Gasteiger partial charge in [-0.25, -0.2) is 4.39 Å². The molecule has 1 atom stereocenters. The summed E-state index contributed by atoms with van der Waals surface area (Å²) in [5.41, 5.74) is 1.52. The summed E-state index contributed by atoms with van der Waals surface area (Å²) in [6.07, 6.45) is -0.572. The van der Waals surface area contributed by atoms with E-state index >= 15 is 0 Å². The molecule has 0 saturated carbocycles. The number of benzene rings is 2. The van der Waals surface area contributed by atoms with Crippen molar-refractivity contribution in [1.82, 2.24) is 0 Å². The van der Waals surface area contributed by atoms with Gasteiger partial charge in [-0.05, 0) is 29.8 Å². The highest BCUT2D eigenvalue weighted by molar-refractivity contribution is 5.53. The van der Waals surface area contributed by atoms with E-state index in [2.05, 4.69) is 4.90 Å². The number of quaternary nitrogens is 1. The third-order valence-electron chi connectivity index (χ3n) is 5.49. The first-order valence-electron chi connectivity index (χ1n) is 10.4. The second-order valence-electron chi connectivity index (χ2n) is 7.60. The predicted molar refractivity (Wildman–Crippen MR) is 116 cm³/mol. The van der Waals surface area contributed by atoms with E-state index in [0.29, 0.717) is 36.1 Å². The second kappa shape index (κ2) is 11.2. The molecule has 0 amide bonds. The molecule has 0 spiro atoms. The first-order chi connectivity index (χ1) is 15.0. The highest BCUT2D eigenvalue weighted by atomic mass is 19.1. The monoisotopic (exact) mass is 435 g/mol. The molecule has 0 unspecified atom stereocenters. The van der Waals surface area contributed by atoms with Gasteiger partial charge in [0.15, 0.2) is 11.5 Å². The Kier molecular flexibility index (Phi) is 8.34. The molecule has 2 aromatic rings. The molecular formula is C23H32FN2O5+. The van der Waals surface area contributed by atoms with Gasteiger partial charge in [-0.3, -0.25) is 0 Å². The van der Waals surface area contributed by atoms with Crippen LogP contribution in [0, 0.1) is 5.82 Å². The van der Waals surface area contributed by atoms with Crippen LogP contribution in [0.4, 0.5) is 10.1 Å². The fraction of sp³-hybridized carbons (Fsp3) is 0.478. The average Bonchev–Trinajstić information content (AvgIpc) is 2.79. The fourth-order valence-corrected chi connectivity index (χ4v) is 3.90. The number of nitrogens with zero attached hydrogens (tertiary/aromatic N) is 1. The first-order valence-corrected chi connectivity index (χ1v) is 10.4. The molecule has 0 bridgehead atoms. The molecule has 170 valence electrons. The van der Waals surface area contributed by atoms with Gasteiger partial charge in [-0.15, -0.1) is 0 Å². The van der Waals surface area contributed by atoms with Gasteiger partial charge in [0.1, 0.15) is 18.5 Å². The molecule has 3 rings (SSSR count). The van der Waals surface area contributed by atoms with Gasteiger partial charge in [0.05, 0.1) is 66.4 Å². The van der Waals surface area contributed by atoms with Crippen molar-refractivity contribution in [2.75, 3.05) is 65.6 Å². The lowest BCUT2D eigenvalue weighted by Gasteiger charge is -2.34. The third kappa shape index (κ3) is 6.00. The standard InChI is InChI=1S/C23H31FN2O5/c1-28-21-12-17(13-22(29-2)23(21)30-3)15-31-16-18(27)14-25-8-10-26(11-9-25)20-7-5-4-6-19(20)24/h4-7,12-13,18,27H,8-11,14-16H2,1-3H3/p+1/t18-/m1/s1. The molecule has 31 heavy (non-hydrogen) atoms. The smallest absolute Gasteiger partial charge is 0.203 e. The van der Waals surface area contributed by atoms with Gasteiger partial charge >= 0.3 is 0 Å². The topological polar surface area (TPSA) is 64.8 Å². The summed E-state index contributed by atoms with van der Waals surface area (Å²) in [6.45, 7) is 4.36. The molecule has 8 heteroatoms. The largest absolute Gasteiger partial charge is 0.493 e. The van der Waals surface area contributed by atoms with Crippen LogP contribution in [0.15, 0.2) is 36.4 Å². The minimum atomic E-state index is -0.572. The summed E-state index contributed by atoms with van der Waals surface area (Å²) in [5, 5.41) is 10.4. The van der Waals surface area contributed by atoms with Crippen LogP contribution in [0.3, 0.4) is 0 Å². The summed E-state index contributed by atoms with van der Waals surface area (Å²) < 4.78 is 35.7. The highest BCUT2D eigenvalue weighted by Gasteiger charge is 2.24. The van der Waals surface area contributed by atoms with E-state index in [9.17, 15) is 9.50 Å². The number of aliphatic hydroxyl groups excluding tert-OH is 1. The van der Waals surface area contributed by atoms with Gasteiger partial charge < -0.3 is 33.9 Å². The van der Waals surface area contributed by atoms with Crippen LogP contribution in [0.2, 0.25) is 0 Å². The Bertz CT molecular complexity index is 817. The number of rotatable bonds is 10.